The van der Waals surface area contributed by atoms with E-state index in [2.05, 4.69) is 15.3 Å². The van der Waals surface area contributed by atoms with E-state index in [-0.39, 0.29) is 11.9 Å². The third-order valence-electron chi connectivity index (χ3n) is 1.84. The van der Waals surface area contributed by atoms with Crippen molar-refractivity contribution in [3.63, 3.8) is 0 Å². The second-order valence-corrected chi connectivity index (χ2v) is 3.43. The molecule has 0 aromatic carbocycles. The molecule has 15 heavy (non-hydrogen) atoms. The van der Waals surface area contributed by atoms with Crippen LogP contribution in [0.3, 0.4) is 0 Å². The summed E-state index contributed by atoms with van der Waals surface area (Å²) < 4.78 is 12.5. The molecule has 6 heteroatoms. The minimum absolute atomic E-state index is 0.109. The summed E-state index contributed by atoms with van der Waals surface area (Å²) in [6.45, 7) is 3.52. The molecule has 0 fully saturated rings. The third-order valence-corrected chi connectivity index (χ3v) is 1.84. The van der Waals surface area contributed by atoms with Gasteiger partial charge in [0.15, 0.2) is 5.82 Å². The number of halogens is 1. The van der Waals surface area contributed by atoms with E-state index in [1.54, 1.807) is 13.8 Å². The minimum Gasteiger partial charge on any atom is -0.480 e. The van der Waals surface area contributed by atoms with Crippen LogP contribution in [-0.2, 0) is 4.79 Å². The van der Waals surface area contributed by atoms with Crippen LogP contribution in [0.25, 0.3) is 0 Å². The number of carboxylic acid groups (broad SMARTS) is 1. The molecular formula is C9H12FN3O2. The Morgan fingerprint density at radius 1 is 1.47 bits per heavy atom. The van der Waals surface area contributed by atoms with Crippen LogP contribution in [-0.4, -0.2) is 27.1 Å². The quantitative estimate of drug-likeness (QED) is 0.784. The predicted molar refractivity (Wildman–Crippen MR) is 51.9 cm³/mol. The Labute approximate surface area is 86.4 Å². The number of hydrogen-bond donors (Lipinski definition) is 2. The van der Waals surface area contributed by atoms with E-state index in [0.717, 1.165) is 12.4 Å². The Balaban J connectivity index is 2.74. The fourth-order valence-electron chi connectivity index (χ4n) is 1.04. The van der Waals surface area contributed by atoms with Crippen LogP contribution in [0.2, 0.25) is 0 Å². The molecule has 0 spiro atoms. The highest BCUT2D eigenvalue weighted by Crippen LogP contribution is 2.08. The van der Waals surface area contributed by atoms with Crippen LogP contribution < -0.4 is 5.32 Å². The highest BCUT2D eigenvalue weighted by Gasteiger charge is 2.21. The van der Waals surface area contributed by atoms with Gasteiger partial charge in [0.2, 0.25) is 5.95 Å². The van der Waals surface area contributed by atoms with Crippen molar-refractivity contribution in [3.05, 3.63) is 18.2 Å². The van der Waals surface area contributed by atoms with Gasteiger partial charge in [0.1, 0.15) is 6.04 Å². The summed E-state index contributed by atoms with van der Waals surface area (Å²) in [6.07, 6.45) is 1.96. The van der Waals surface area contributed by atoms with Gasteiger partial charge in [0.25, 0.3) is 0 Å². The molecule has 0 aliphatic carbocycles. The maximum absolute atomic E-state index is 12.5. The summed E-state index contributed by atoms with van der Waals surface area (Å²) in [6, 6.07) is -0.782. The number of rotatable bonds is 4. The normalized spacial score (nSPS) is 12.5. The van der Waals surface area contributed by atoms with Crippen molar-refractivity contribution in [3.8, 4) is 0 Å². The van der Waals surface area contributed by atoms with Gasteiger partial charge in [-0.15, -0.1) is 0 Å². The Morgan fingerprint density at radius 3 is 2.40 bits per heavy atom. The highest BCUT2D eigenvalue weighted by atomic mass is 19.1. The van der Waals surface area contributed by atoms with E-state index in [0.29, 0.717) is 0 Å². The standard InChI is InChI=1S/C9H12FN3O2/c1-5(2)7(8(14)15)13-9-11-3-6(10)4-12-9/h3-5,7H,1-2H3,(H,14,15)(H,11,12,13). The van der Waals surface area contributed by atoms with E-state index in [4.69, 9.17) is 5.11 Å². The Bertz CT molecular complexity index is 340. The molecule has 0 amide bonds. The number of anilines is 1. The lowest BCUT2D eigenvalue weighted by molar-refractivity contribution is -0.138. The van der Waals surface area contributed by atoms with Gasteiger partial charge in [-0.25, -0.2) is 19.2 Å². The summed E-state index contributed by atoms with van der Waals surface area (Å²) in [5, 5.41) is 11.5. The number of carboxylic acids is 1. The van der Waals surface area contributed by atoms with Crippen molar-refractivity contribution in [2.45, 2.75) is 19.9 Å². The molecule has 1 aromatic heterocycles. The Hall–Kier alpha value is -1.72. The van der Waals surface area contributed by atoms with Crippen molar-refractivity contribution < 1.29 is 14.3 Å². The van der Waals surface area contributed by atoms with Crippen LogP contribution in [0.1, 0.15) is 13.8 Å². The van der Waals surface area contributed by atoms with E-state index >= 15 is 0 Å². The number of aliphatic carboxylic acids is 1. The van der Waals surface area contributed by atoms with Gasteiger partial charge in [-0.05, 0) is 5.92 Å². The number of carbonyl (C=O) groups is 1. The second-order valence-electron chi connectivity index (χ2n) is 3.43. The molecule has 1 rings (SSSR count). The van der Waals surface area contributed by atoms with E-state index in [9.17, 15) is 9.18 Å². The van der Waals surface area contributed by atoms with Crippen LogP contribution in [0, 0.1) is 11.7 Å². The van der Waals surface area contributed by atoms with Crippen LogP contribution in [0.15, 0.2) is 12.4 Å². The number of nitrogens with zero attached hydrogens (tertiary/aromatic N) is 2. The van der Waals surface area contributed by atoms with Crippen molar-refractivity contribution >= 4 is 11.9 Å². The first-order chi connectivity index (χ1) is 7.00. The van der Waals surface area contributed by atoms with E-state index in [1.807, 2.05) is 0 Å². The SMILES string of the molecule is CC(C)C(Nc1ncc(F)cn1)C(=O)O. The second kappa shape index (κ2) is 4.68. The fourth-order valence-corrected chi connectivity index (χ4v) is 1.04. The smallest absolute Gasteiger partial charge is 0.326 e. The summed E-state index contributed by atoms with van der Waals surface area (Å²) >= 11 is 0. The molecule has 1 aromatic rings. The number of aromatic nitrogens is 2. The maximum Gasteiger partial charge on any atom is 0.326 e. The van der Waals surface area contributed by atoms with Gasteiger partial charge in [0.05, 0.1) is 12.4 Å². The molecule has 0 aliphatic rings. The van der Waals surface area contributed by atoms with E-state index in [1.165, 1.54) is 0 Å². The average Bonchev–Trinajstić information content (AvgIpc) is 2.15. The van der Waals surface area contributed by atoms with Crippen LogP contribution >= 0.6 is 0 Å². The topological polar surface area (TPSA) is 75.1 Å². The third kappa shape index (κ3) is 3.16. The van der Waals surface area contributed by atoms with Gasteiger partial charge in [-0.1, -0.05) is 13.8 Å². The molecule has 0 saturated heterocycles. The predicted octanol–water partition coefficient (Wildman–Crippen LogP) is 1.14. The summed E-state index contributed by atoms with van der Waals surface area (Å²) in [7, 11) is 0. The molecule has 1 unspecified atom stereocenters. The first kappa shape index (κ1) is 11.4. The van der Waals surface area contributed by atoms with Crippen molar-refractivity contribution in [1.29, 1.82) is 0 Å². The van der Waals surface area contributed by atoms with Crippen molar-refractivity contribution in [2.24, 2.45) is 5.92 Å². The molecule has 0 bridgehead atoms. The summed E-state index contributed by atoms with van der Waals surface area (Å²) in [5.41, 5.74) is 0. The van der Waals surface area contributed by atoms with Crippen LogP contribution in [0.5, 0.6) is 0 Å². The first-order valence-corrected chi connectivity index (χ1v) is 4.47. The minimum atomic E-state index is -0.988. The molecule has 1 atom stereocenters. The van der Waals surface area contributed by atoms with Crippen molar-refractivity contribution in [1.82, 2.24) is 9.97 Å². The lowest BCUT2D eigenvalue weighted by atomic mass is 10.1. The van der Waals surface area contributed by atoms with Crippen molar-refractivity contribution in [2.75, 3.05) is 5.32 Å². The maximum atomic E-state index is 12.5. The summed E-state index contributed by atoms with van der Waals surface area (Å²) in [5.74, 6) is -1.55. The number of nitrogens with one attached hydrogen (secondary N) is 1. The van der Waals surface area contributed by atoms with Gasteiger partial charge < -0.3 is 10.4 Å². The zero-order chi connectivity index (χ0) is 11.4. The molecule has 0 saturated carbocycles. The average molecular weight is 213 g/mol. The molecule has 82 valence electrons. The van der Waals surface area contributed by atoms with E-state index < -0.39 is 17.8 Å². The fraction of sp³-hybridized carbons (Fsp3) is 0.444. The zero-order valence-corrected chi connectivity index (χ0v) is 8.44. The monoisotopic (exact) mass is 213 g/mol. The Morgan fingerprint density at radius 2 is 2.00 bits per heavy atom. The molecule has 0 aliphatic heterocycles. The largest absolute Gasteiger partial charge is 0.480 e. The zero-order valence-electron chi connectivity index (χ0n) is 8.44. The first-order valence-electron chi connectivity index (χ1n) is 4.47. The van der Waals surface area contributed by atoms with Crippen LogP contribution in [0.4, 0.5) is 10.3 Å². The lowest BCUT2D eigenvalue weighted by Gasteiger charge is -2.17. The number of hydrogen-bond acceptors (Lipinski definition) is 4. The Kier molecular flexibility index (Phi) is 3.54. The molecule has 2 N–H and O–H groups in total. The van der Waals surface area contributed by atoms with Gasteiger partial charge in [0, 0.05) is 0 Å². The molecule has 5 nitrogen and oxygen atoms in total. The highest BCUT2D eigenvalue weighted by molar-refractivity contribution is 5.76. The molecular weight excluding hydrogens is 201 g/mol. The van der Waals surface area contributed by atoms with Gasteiger partial charge >= 0.3 is 5.97 Å². The lowest BCUT2D eigenvalue weighted by Crippen LogP contribution is -2.34. The van der Waals surface area contributed by atoms with Gasteiger partial charge in [-0.3, -0.25) is 0 Å². The molecule has 1 heterocycles. The molecule has 0 radical (unpaired) electrons. The van der Waals surface area contributed by atoms with Gasteiger partial charge in [-0.2, -0.15) is 0 Å². The summed E-state index contributed by atoms with van der Waals surface area (Å²) in [4.78, 5) is 18.1.